The average molecular weight is 127 g/mol. The molecule has 1 saturated carbocycles. The van der Waals surface area contributed by atoms with E-state index in [0.29, 0.717) is 5.41 Å². The van der Waals surface area contributed by atoms with Crippen molar-refractivity contribution in [3.05, 3.63) is 6.42 Å². The fraction of sp³-hybridized carbons (Fsp3) is 0.875. The van der Waals surface area contributed by atoms with Gasteiger partial charge in [0.1, 0.15) is 0 Å². The van der Waals surface area contributed by atoms with Gasteiger partial charge in [-0.25, -0.2) is 0 Å². The topological polar surface area (TPSA) is 20.2 Å². The van der Waals surface area contributed by atoms with Crippen LogP contribution in [0.1, 0.15) is 33.1 Å². The fourth-order valence-corrected chi connectivity index (χ4v) is 1.42. The van der Waals surface area contributed by atoms with Crippen molar-refractivity contribution < 1.29 is 5.11 Å². The van der Waals surface area contributed by atoms with E-state index in [1.54, 1.807) is 0 Å². The first-order valence-corrected chi connectivity index (χ1v) is 3.62. The minimum atomic E-state index is -0.145. The third-order valence-corrected chi connectivity index (χ3v) is 2.02. The Kier molecular flexibility index (Phi) is 1.80. The first kappa shape index (κ1) is 7.07. The molecule has 53 valence electrons. The summed E-state index contributed by atoms with van der Waals surface area (Å²) in [5.74, 6) is 0. The summed E-state index contributed by atoms with van der Waals surface area (Å²) in [6.07, 6.45) is 5.10. The van der Waals surface area contributed by atoms with Crippen LogP contribution in [0.3, 0.4) is 0 Å². The third kappa shape index (κ3) is 1.98. The maximum Gasteiger partial charge on any atom is 0.0577 e. The van der Waals surface area contributed by atoms with Crippen LogP contribution in [0.25, 0.3) is 0 Å². The molecule has 1 heteroatoms. The van der Waals surface area contributed by atoms with E-state index in [2.05, 4.69) is 13.8 Å². The average Bonchev–Trinajstić information content (AvgIpc) is 1.60. The minimum Gasteiger partial charge on any atom is -0.393 e. The molecule has 1 N–H and O–H groups in total. The van der Waals surface area contributed by atoms with Gasteiger partial charge in [-0.2, -0.15) is 0 Å². The molecule has 0 heterocycles. The van der Waals surface area contributed by atoms with E-state index in [1.807, 2.05) is 6.42 Å². The van der Waals surface area contributed by atoms with Gasteiger partial charge in [0.15, 0.2) is 0 Å². The second-order valence-corrected chi connectivity index (χ2v) is 3.71. The zero-order valence-electron chi connectivity index (χ0n) is 6.22. The predicted molar refractivity (Wildman–Crippen MR) is 37.9 cm³/mol. The summed E-state index contributed by atoms with van der Waals surface area (Å²) in [5, 5.41) is 9.19. The highest BCUT2D eigenvalue weighted by Gasteiger charge is 2.26. The Morgan fingerprint density at radius 2 is 2.22 bits per heavy atom. The lowest BCUT2D eigenvalue weighted by molar-refractivity contribution is 0.105. The minimum absolute atomic E-state index is 0.145. The summed E-state index contributed by atoms with van der Waals surface area (Å²) in [6.45, 7) is 4.42. The van der Waals surface area contributed by atoms with E-state index in [-0.39, 0.29) is 6.10 Å². The molecule has 0 amide bonds. The second kappa shape index (κ2) is 2.30. The van der Waals surface area contributed by atoms with E-state index >= 15 is 0 Å². The van der Waals surface area contributed by atoms with Crippen molar-refractivity contribution in [3.63, 3.8) is 0 Å². The first-order chi connectivity index (χ1) is 4.10. The number of aliphatic hydroxyl groups excluding tert-OH is 1. The van der Waals surface area contributed by atoms with Crippen LogP contribution in [0.4, 0.5) is 0 Å². The summed E-state index contributed by atoms with van der Waals surface area (Å²) >= 11 is 0. The molecular weight excluding hydrogens is 112 g/mol. The summed E-state index contributed by atoms with van der Waals surface area (Å²) < 4.78 is 0. The highest BCUT2D eigenvalue weighted by Crippen LogP contribution is 2.34. The van der Waals surface area contributed by atoms with Gasteiger partial charge >= 0.3 is 0 Å². The Labute approximate surface area is 57.1 Å². The lowest BCUT2D eigenvalue weighted by Gasteiger charge is -2.32. The van der Waals surface area contributed by atoms with Crippen LogP contribution in [0.2, 0.25) is 0 Å². The molecule has 1 aliphatic rings. The molecule has 0 bridgehead atoms. The lowest BCUT2D eigenvalue weighted by Crippen LogP contribution is -2.26. The SMILES string of the molecule is CC1(C)CC[CH]C(O)C1. The Balaban J connectivity index is 2.41. The van der Waals surface area contributed by atoms with E-state index in [9.17, 15) is 5.11 Å². The van der Waals surface area contributed by atoms with Crippen LogP contribution < -0.4 is 0 Å². The van der Waals surface area contributed by atoms with Crippen molar-refractivity contribution in [2.24, 2.45) is 5.41 Å². The normalized spacial score (nSPS) is 34.3. The van der Waals surface area contributed by atoms with Crippen molar-refractivity contribution in [3.8, 4) is 0 Å². The highest BCUT2D eigenvalue weighted by molar-refractivity contribution is 4.88. The first-order valence-electron chi connectivity index (χ1n) is 3.62. The fourth-order valence-electron chi connectivity index (χ4n) is 1.42. The van der Waals surface area contributed by atoms with Gasteiger partial charge in [-0.1, -0.05) is 13.8 Å². The Bertz CT molecular complexity index is 96.7. The smallest absolute Gasteiger partial charge is 0.0577 e. The van der Waals surface area contributed by atoms with E-state index < -0.39 is 0 Å². The third-order valence-electron chi connectivity index (χ3n) is 2.02. The van der Waals surface area contributed by atoms with Crippen LogP contribution in [0.15, 0.2) is 0 Å². The van der Waals surface area contributed by atoms with Crippen LogP contribution in [0.5, 0.6) is 0 Å². The molecule has 0 aliphatic heterocycles. The largest absolute Gasteiger partial charge is 0.393 e. The summed E-state index contributed by atoms with van der Waals surface area (Å²) in [5.41, 5.74) is 0.369. The molecule has 1 fully saturated rings. The maximum absolute atomic E-state index is 9.19. The second-order valence-electron chi connectivity index (χ2n) is 3.71. The molecular formula is C8H15O. The van der Waals surface area contributed by atoms with Crippen molar-refractivity contribution >= 4 is 0 Å². The van der Waals surface area contributed by atoms with Crippen LogP contribution in [-0.2, 0) is 0 Å². The van der Waals surface area contributed by atoms with Crippen LogP contribution in [-0.4, -0.2) is 11.2 Å². The van der Waals surface area contributed by atoms with Crippen LogP contribution in [0, 0.1) is 11.8 Å². The van der Waals surface area contributed by atoms with Crippen molar-refractivity contribution in [1.29, 1.82) is 0 Å². The predicted octanol–water partition coefficient (Wildman–Crippen LogP) is 1.76. The van der Waals surface area contributed by atoms with Gasteiger partial charge in [-0.15, -0.1) is 0 Å². The Morgan fingerprint density at radius 3 is 2.56 bits per heavy atom. The lowest BCUT2D eigenvalue weighted by atomic mass is 9.76. The van der Waals surface area contributed by atoms with Crippen molar-refractivity contribution in [2.75, 3.05) is 0 Å². The van der Waals surface area contributed by atoms with Gasteiger partial charge in [0, 0.05) is 0 Å². The standard InChI is InChI=1S/C8H15O/c1-8(2)5-3-4-7(9)6-8/h4,7,9H,3,5-6H2,1-2H3. The van der Waals surface area contributed by atoms with Gasteiger partial charge in [-0.05, 0) is 31.1 Å². The summed E-state index contributed by atoms with van der Waals surface area (Å²) in [4.78, 5) is 0. The van der Waals surface area contributed by atoms with E-state index in [4.69, 9.17) is 0 Å². The zero-order valence-corrected chi connectivity index (χ0v) is 6.22. The molecule has 1 atom stereocenters. The molecule has 1 aliphatic carbocycles. The van der Waals surface area contributed by atoms with Gasteiger partial charge in [0.25, 0.3) is 0 Å². The summed E-state index contributed by atoms with van der Waals surface area (Å²) in [7, 11) is 0. The molecule has 9 heavy (non-hydrogen) atoms. The Morgan fingerprint density at radius 1 is 1.56 bits per heavy atom. The zero-order chi connectivity index (χ0) is 6.91. The summed E-state index contributed by atoms with van der Waals surface area (Å²) in [6, 6.07) is 0. The number of aliphatic hydroxyl groups is 1. The number of rotatable bonds is 0. The monoisotopic (exact) mass is 127 g/mol. The molecule has 0 aromatic rings. The Hall–Kier alpha value is -0.0400. The van der Waals surface area contributed by atoms with Crippen molar-refractivity contribution in [1.82, 2.24) is 0 Å². The molecule has 1 radical (unpaired) electrons. The quantitative estimate of drug-likeness (QED) is 0.525. The van der Waals surface area contributed by atoms with Gasteiger partial charge in [0.2, 0.25) is 0 Å². The van der Waals surface area contributed by atoms with E-state index in [1.165, 1.54) is 6.42 Å². The van der Waals surface area contributed by atoms with E-state index in [0.717, 1.165) is 12.8 Å². The molecule has 1 nitrogen and oxygen atoms in total. The number of hydrogen-bond acceptors (Lipinski definition) is 1. The molecule has 0 aromatic carbocycles. The highest BCUT2D eigenvalue weighted by atomic mass is 16.3. The van der Waals surface area contributed by atoms with Crippen LogP contribution >= 0.6 is 0 Å². The molecule has 0 saturated heterocycles. The van der Waals surface area contributed by atoms with Crippen molar-refractivity contribution in [2.45, 2.75) is 39.2 Å². The van der Waals surface area contributed by atoms with Gasteiger partial charge < -0.3 is 5.11 Å². The molecule has 0 aromatic heterocycles. The van der Waals surface area contributed by atoms with Gasteiger partial charge in [0.05, 0.1) is 6.10 Å². The molecule has 1 unspecified atom stereocenters. The van der Waals surface area contributed by atoms with Gasteiger partial charge in [-0.3, -0.25) is 0 Å². The maximum atomic E-state index is 9.19. The number of hydrogen-bond donors (Lipinski definition) is 1. The molecule has 0 spiro atoms. The molecule has 1 rings (SSSR count).